The molecule has 0 aliphatic carbocycles. The van der Waals surface area contributed by atoms with Crippen LogP contribution in [-0.4, -0.2) is 72.8 Å². The van der Waals surface area contributed by atoms with Gasteiger partial charge in [0.15, 0.2) is 0 Å². The molecule has 1 saturated heterocycles. The van der Waals surface area contributed by atoms with Gasteiger partial charge in [0.05, 0.1) is 18.2 Å². The zero-order valence-electron chi connectivity index (χ0n) is 19.4. The van der Waals surface area contributed by atoms with E-state index in [1.54, 1.807) is 11.8 Å². The zero-order chi connectivity index (χ0) is 24.2. The van der Waals surface area contributed by atoms with Crippen LogP contribution < -0.4 is 10.6 Å². The lowest BCUT2D eigenvalue weighted by molar-refractivity contribution is -0.139. The van der Waals surface area contributed by atoms with Crippen molar-refractivity contribution in [1.82, 2.24) is 20.4 Å². The van der Waals surface area contributed by atoms with E-state index in [4.69, 9.17) is 9.47 Å². The van der Waals surface area contributed by atoms with Gasteiger partial charge in [-0.25, -0.2) is 18.8 Å². The minimum atomic E-state index is -0.767. The van der Waals surface area contributed by atoms with E-state index in [-0.39, 0.29) is 18.3 Å². The van der Waals surface area contributed by atoms with Gasteiger partial charge in [-0.1, -0.05) is 12.1 Å². The van der Waals surface area contributed by atoms with Crippen LogP contribution >= 0.6 is 0 Å². The van der Waals surface area contributed by atoms with E-state index in [9.17, 15) is 18.8 Å². The molecule has 3 amide bonds. The molecule has 10 heteroatoms. The molecule has 1 unspecified atom stereocenters. The van der Waals surface area contributed by atoms with Crippen LogP contribution in [0.4, 0.5) is 14.0 Å². The van der Waals surface area contributed by atoms with Crippen molar-refractivity contribution in [3.63, 3.8) is 0 Å². The first-order valence-corrected chi connectivity index (χ1v) is 11.0. The third-order valence-corrected chi connectivity index (χ3v) is 5.26. The molecule has 2 aliphatic heterocycles. The summed E-state index contributed by atoms with van der Waals surface area (Å²) < 4.78 is 24.1. The lowest BCUT2D eigenvalue weighted by Crippen LogP contribution is -2.53. The first-order valence-electron chi connectivity index (χ1n) is 11.0. The number of halogens is 1. The number of carbonyl (C=O) groups is 3. The average Bonchev–Trinajstić information content (AvgIpc) is 2.73. The number of amides is 3. The second kappa shape index (κ2) is 10.2. The van der Waals surface area contributed by atoms with E-state index >= 15 is 0 Å². The van der Waals surface area contributed by atoms with Crippen LogP contribution in [0, 0.1) is 5.82 Å². The molecule has 33 heavy (non-hydrogen) atoms. The molecule has 0 radical (unpaired) electrons. The highest BCUT2D eigenvalue weighted by Crippen LogP contribution is 2.28. The molecular formula is C23H31FN4O5. The molecular weight excluding hydrogens is 431 g/mol. The van der Waals surface area contributed by atoms with Crippen molar-refractivity contribution in [1.29, 1.82) is 0 Å². The number of piperazine rings is 1. The summed E-state index contributed by atoms with van der Waals surface area (Å²) in [6.45, 7) is 9.65. The molecule has 1 aromatic carbocycles. The summed E-state index contributed by atoms with van der Waals surface area (Å²) in [5.41, 5.74) is 0.707. The molecule has 0 spiro atoms. The number of esters is 1. The number of nitrogens with zero attached hydrogens (tertiary/aromatic N) is 2. The normalized spacial score (nSPS) is 19.6. The van der Waals surface area contributed by atoms with Crippen LogP contribution in [0.15, 0.2) is 35.5 Å². The Morgan fingerprint density at radius 2 is 1.76 bits per heavy atom. The van der Waals surface area contributed by atoms with Gasteiger partial charge >= 0.3 is 18.1 Å². The van der Waals surface area contributed by atoms with Crippen molar-refractivity contribution in [2.24, 2.45) is 0 Å². The number of hydrogen-bond acceptors (Lipinski definition) is 6. The fourth-order valence-electron chi connectivity index (χ4n) is 3.74. The SMILES string of the molecule is CCOC(=O)C1=C(CN2CCN(C(=O)OC(C)(C)C)CC2)NC(=O)NC1c1ccc(F)cc1. The highest BCUT2D eigenvalue weighted by molar-refractivity contribution is 5.95. The summed E-state index contributed by atoms with van der Waals surface area (Å²) in [7, 11) is 0. The van der Waals surface area contributed by atoms with Crippen molar-refractivity contribution >= 4 is 18.1 Å². The van der Waals surface area contributed by atoms with Crippen LogP contribution in [0.25, 0.3) is 0 Å². The highest BCUT2D eigenvalue weighted by Gasteiger charge is 2.35. The van der Waals surface area contributed by atoms with Gasteiger partial charge in [0.2, 0.25) is 0 Å². The van der Waals surface area contributed by atoms with Crippen molar-refractivity contribution in [3.8, 4) is 0 Å². The first-order chi connectivity index (χ1) is 15.6. The number of ether oxygens (including phenoxy) is 2. The fraction of sp³-hybridized carbons (Fsp3) is 0.522. The Bertz CT molecular complexity index is 918. The summed E-state index contributed by atoms with van der Waals surface area (Å²) in [5, 5.41) is 5.47. The second-order valence-corrected chi connectivity index (χ2v) is 8.94. The number of benzene rings is 1. The van der Waals surface area contributed by atoms with E-state index in [1.165, 1.54) is 24.3 Å². The monoisotopic (exact) mass is 462 g/mol. The standard InChI is InChI=1S/C23H31FN4O5/c1-5-32-20(29)18-17(25-21(30)26-19(18)15-6-8-16(24)9-7-15)14-27-10-12-28(13-11-27)22(31)33-23(2,3)4/h6-9,19H,5,10-14H2,1-4H3,(H2,25,26,30). The maximum absolute atomic E-state index is 13.4. The Kier molecular flexibility index (Phi) is 7.57. The van der Waals surface area contributed by atoms with Crippen molar-refractivity contribution < 1.29 is 28.2 Å². The molecule has 0 saturated carbocycles. The van der Waals surface area contributed by atoms with Gasteiger partial charge in [-0.05, 0) is 45.4 Å². The Morgan fingerprint density at radius 1 is 1.12 bits per heavy atom. The topological polar surface area (TPSA) is 100 Å². The Labute approximate surface area is 192 Å². The summed E-state index contributed by atoms with van der Waals surface area (Å²) in [6.07, 6.45) is -0.361. The third kappa shape index (κ3) is 6.44. The van der Waals surface area contributed by atoms with E-state index in [1.807, 2.05) is 25.7 Å². The maximum Gasteiger partial charge on any atom is 0.410 e. The first kappa shape index (κ1) is 24.5. The predicted octanol–water partition coefficient (Wildman–Crippen LogP) is 2.55. The van der Waals surface area contributed by atoms with Crippen LogP contribution in [0.1, 0.15) is 39.3 Å². The van der Waals surface area contributed by atoms with E-state index in [0.717, 1.165) is 0 Å². The molecule has 1 fully saturated rings. The van der Waals surface area contributed by atoms with Gasteiger partial charge in [0, 0.05) is 38.4 Å². The van der Waals surface area contributed by atoms with E-state index < -0.39 is 29.5 Å². The molecule has 9 nitrogen and oxygen atoms in total. The summed E-state index contributed by atoms with van der Waals surface area (Å²) >= 11 is 0. The minimum Gasteiger partial charge on any atom is -0.463 e. The van der Waals surface area contributed by atoms with E-state index in [2.05, 4.69) is 10.6 Å². The van der Waals surface area contributed by atoms with Crippen LogP contribution in [0.3, 0.4) is 0 Å². The van der Waals surface area contributed by atoms with E-state index in [0.29, 0.717) is 44.0 Å². The average molecular weight is 463 g/mol. The lowest BCUT2D eigenvalue weighted by Gasteiger charge is -2.37. The van der Waals surface area contributed by atoms with Crippen molar-refractivity contribution in [2.45, 2.75) is 39.3 Å². The largest absolute Gasteiger partial charge is 0.463 e. The number of nitrogens with one attached hydrogen (secondary N) is 2. The minimum absolute atomic E-state index is 0.175. The smallest absolute Gasteiger partial charge is 0.410 e. The number of urea groups is 1. The van der Waals surface area contributed by atoms with Gasteiger partial charge in [-0.3, -0.25) is 4.90 Å². The number of carbonyl (C=O) groups excluding carboxylic acids is 3. The summed E-state index contributed by atoms with van der Waals surface area (Å²) in [5.74, 6) is -0.967. The van der Waals surface area contributed by atoms with Gasteiger partial charge < -0.3 is 25.0 Å². The highest BCUT2D eigenvalue weighted by atomic mass is 19.1. The number of hydrogen-bond donors (Lipinski definition) is 2. The van der Waals surface area contributed by atoms with Gasteiger partial charge in [0.1, 0.15) is 11.4 Å². The van der Waals surface area contributed by atoms with Gasteiger partial charge in [-0.2, -0.15) is 0 Å². The van der Waals surface area contributed by atoms with Crippen molar-refractivity contribution in [2.75, 3.05) is 39.3 Å². The fourth-order valence-corrected chi connectivity index (χ4v) is 3.74. The van der Waals surface area contributed by atoms with Gasteiger partial charge in [0.25, 0.3) is 0 Å². The lowest BCUT2D eigenvalue weighted by atomic mass is 9.95. The van der Waals surface area contributed by atoms with Crippen LogP contribution in [-0.2, 0) is 14.3 Å². The molecule has 2 N–H and O–H groups in total. The molecule has 2 aliphatic rings. The Morgan fingerprint density at radius 3 is 2.33 bits per heavy atom. The summed E-state index contributed by atoms with van der Waals surface area (Å²) in [6, 6.07) is 4.39. The molecule has 0 bridgehead atoms. The molecule has 2 heterocycles. The van der Waals surface area contributed by atoms with Gasteiger partial charge in [-0.15, -0.1) is 0 Å². The maximum atomic E-state index is 13.4. The zero-order valence-corrected chi connectivity index (χ0v) is 19.4. The predicted molar refractivity (Wildman–Crippen MR) is 119 cm³/mol. The number of rotatable bonds is 5. The molecule has 0 aromatic heterocycles. The van der Waals surface area contributed by atoms with Crippen molar-refractivity contribution in [3.05, 3.63) is 46.9 Å². The van der Waals surface area contributed by atoms with Crippen LogP contribution in [0.5, 0.6) is 0 Å². The molecule has 3 rings (SSSR count). The Balaban J connectivity index is 1.79. The third-order valence-electron chi connectivity index (χ3n) is 5.26. The quantitative estimate of drug-likeness (QED) is 0.653. The molecule has 180 valence electrons. The summed E-state index contributed by atoms with van der Waals surface area (Å²) in [4.78, 5) is 41.2. The second-order valence-electron chi connectivity index (χ2n) is 8.94. The molecule has 1 aromatic rings. The Hall–Kier alpha value is -3.14. The van der Waals surface area contributed by atoms with Crippen LogP contribution in [0.2, 0.25) is 0 Å². The molecule has 1 atom stereocenters.